The van der Waals surface area contributed by atoms with Crippen LogP contribution in [0, 0.1) is 12.8 Å². The van der Waals surface area contributed by atoms with Gasteiger partial charge in [-0.2, -0.15) is 0 Å². The highest BCUT2D eigenvalue weighted by Crippen LogP contribution is 2.33. The van der Waals surface area contributed by atoms with Crippen molar-refractivity contribution in [3.05, 3.63) is 35.4 Å². The van der Waals surface area contributed by atoms with E-state index < -0.39 is 0 Å². The van der Waals surface area contributed by atoms with Gasteiger partial charge in [0.25, 0.3) is 0 Å². The summed E-state index contributed by atoms with van der Waals surface area (Å²) >= 11 is 0. The minimum atomic E-state index is -0.0959. The third-order valence-electron chi connectivity index (χ3n) is 3.71. The minimum absolute atomic E-state index is 0.0959. The zero-order chi connectivity index (χ0) is 11.5. The molecule has 0 radical (unpaired) electrons. The Morgan fingerprint density at radius 2 is 1.69 bits per heavy atom. The normalized spacial score (nSPS) is 27.7. The first-order chi connectivity index (χ1) is 7.66. The monoisotopic (exact) mass is 219 g/mol. The van der Waals surface area contributed by atoms with Gasteiger partial charge in [0, 0.05) is 6.04 Å². The number of aliphatic hydroxyl groups is 1. The average Bonchev–Trinajstić information content (AvgIpc) is 2.30. The van der Waals surface area contributed by atoms with E-state index in [0.29, 0.717) is 5.92 Å². The van der Waals surface area contributed by atoms with E-state index >= 15 is 0 Å². The molecule has 16 heavy (non-hydrogen) atoms. The number of nitrogens with two attached hydrogens (primary N) is 1. The fourth-order valence-corrected chi connectivity index (χ4v) is 2.52. The highest BCUT2D eigenvalue weighted by atomic mass is 16.3. The third kappa shape index (κ3) is 2.63. The van der Waals surface area contributed by atoms with Crippen molar-refractivity contribution in [3.63, 3.8) is 0 Å². The maximum absolute atomic E-state index is 9.47. The van der Waals surface area contributed by atoms with Crippen LogP contribution in [0.5, 0.6) is 0 Å². The van der Waals surface area contributed by atoms with Crippen LogP contribution in [0.15, 0.2) is 24.3 Å². The van der Waals surface area contributed by atoms with Crippen molar-refractivity contribution < 1.29 is 5.11 Å². The first kappa shape index (κ1) is 11.6. The number of hydrogen-bond acceptors (Lipinski definition) is 2. The molecule has 0 amide bonds. The fourth-order valence-electron chi connectivity index (χ4n) is 2.52. The van der Waals surface area contributed by atoms with Gasteiger partial charge < -0.3 is 10.8 Å². The van der Waals surface area contributed by atoms with E-state index in [-0.39, 0.29) is 12.1 Å². The lowest BCUT2D eigenvalue weighted by molar-refractivity contribution is 0.102. The second-order valence-corrected chi connectivity index (χ2v) is 5.01. The van der Waals surface area contributed by atoms with Crippen molar-refractivity contribution in [1.82, 2.24) is 0 Å². The first-order valence-corrected chi connectivity index (χ1v) is 6.17. The minimum Gasteiger partial charge on any atom is -0.393 e. The maximum Gasteiger partial charge on any atom is 0.0540 e. The van der Waals surface area contributed by atoms with Crippen molar-refractivity contribution in [2.24, 2.45) is 11.7 Å². The SMILES string of the molecule is Cc1ccc(C(N)C2CCC(O)CC2)cc1. The Hall–Kier alpha value is -0.860. The zero-order valence-electron chi connectivity index (χ0n) is 9.89. The molecule has 2 rings (SSSR count). The van der Waals surface area contributed by atoms with E-state index in [1.165, 1.54) is 11.1 Å². The molecule has 1 atom stereocenters. The van der Waals surface area contributed by atoms with Crippen molar-refractivity contribution in [2.75, 3.05) is 0 Å². The zero-order valence-corrected chi connectivity index (χ0v) is 9.89. The van der Waals surface area contributed by atoms with Gasteiger partial charge in [-0.1, -0.05) is 29.8 Å². The molecule has 2 heteroatoms. The van der Waals surface area contributed by atoms with Gasteiger partial charge in [0.05, 0.1) is 6.10 Å². The molecule has 1 aromatic carbocycles. The molecule has 2 nitrogen and oxygen atoms in total. The first-order valence-electron chi connectivity index (χ1n) is 6.17. The lowest BCUT2D eigenvalue weighted by atomic mass is 9.80. The smallest absolute Gasteiger partial charge is 0.0540 e. The molecule has 1 unspecified atom stereocenters. The van der Waals surface area contributed by atoms with Crippen molar-refractivity contribution in [2.45, 2.75) is 44.8 Å². The molecule has 3 N–H and O–H groups in total. The Bertz CT molecular complexity index is 325. The van der Waals surface area contributed by atoms with Gasteiger partial charge >= 0.3 is 0 Å². The lowest BCUT2D eigenvalue weighted by Crippen LogP contribution is -2.27. The van der Waals surface area contributed by atoms with Gasteiger partial charge in [0.2, 0.25) is 0 Å². The molecule has 88 valence electrons. The van der Waals surface area contributed by atoms with E-state index in [9.17, 15) is 5.11 Å². The molecule has 0 spiro atoms. The van der Waals surface area contributed by atoms with Gasteiger partial charge in [-0.15, -0.1) is 0 Å². The Balaban J connectivity index is 2.01. The standard InChI is InChI=1S/C14H21NO/c1-10-2-4-11(5-3-10)14(15)12-6-8-13(16)9-7-12/h2-5,12-14,16H,6-9,15H2,1H3. The van der Waals surface area contributed by atoms with Crippen molar-refractivity contribution >= 4 is 0 Å². The molecule has 1 fully saturated rings. The Kier molecular flexibility index (Phi) is 3.62. The van der Waals surface area contributed by atoms with Gasteiger partial charge in [-0.05, 0) is 44.1 Å². The topological polar surface area (TPSA) is 46.2 Å². The summed E-state index contributed by atoms with van der Waals surface area (Å²) in [5.74, 6) is 0.533. The van der Waals surface area contributed by atoms with E-state index in [0.717, 1.165) is 25.7 Å². The molecule has 0 aliphatic heterocycles. The summed E-state index contributed by atoms with van der Waals surface area (Å²) in [6.45, 7) is 2.09. The molecular formula is C14H21NO. The molecule has 0 heterocycles. The van der Waals surface area contributed by atoms with Crippen LogP contribution in [-0.4, -0.2) is 11.2 Å². The molecule has 0 saturated heterocycles. The summed E-state index contributed by atoms with van der Waals surface area (Å²) in [7, 11) is 0. The van der Waals surface area contributed by atoms with Gasteiger partial charge in [-0.25, -0.2) is 0 Å². The van der Waals surface area contributed by atoms with Crippen molar-refractivity contribution in [1.29, 1.82) is 0 Å². The molecule has 0 aromatic heterocycles. The number of aryl methyl sites for hydroxylation is 1. The van der Waals surface area contributed by atoms with Gasteiger partial charge in [0.15, 0.2) is 0 Å². The predicted octanol–water partition coefficient (Wildman–Crippen LogP) is 2.55. The molecule has 1 aliphatic rings. The summed E-state index contributed by atoms with van der Waals surface area (Å²) in [6, 6.07) is 8.63. The summed E-state index contributed by atoms with van der Waals surface area (Å²) in [4.78, 5) is 0. The van der Waals surface area contributed by atoms with E-state index in [1.807, 2.05) is 0 Å². The summed E-state index contributed by atoms with van der Waals surface area (Å²) < 4.78 is 0. The number of hydrogen-bond donors (Lipinski definition) is 2. The molecule has 1 saturated carbocycles. The van der Waals surface area contributed by atoms with Gasteiger partial charge in [0.1, 0.15) is 0 Å². The van der Waals surface area contributed by atoms with Crippen LogP contribution in [0.4, 0.5) is 0 Å². The second kappa shape index (κ2) is 4.98. The van der Waals surface area contributed by atoms with Crippen LogP contribution in [0.3, 0.4) is 0 Å². The summed E-state index contributed by atoms with van der Waals surface area (Å²) in [5.41, 5.74) is 8.79. The van der Waals surface area contributed by atoms with E-state index in [4.69, 9.17) is 5.73 Å². The predicted molar refractivity (Wildman–Crippen MR) is 66.1 cm³/mol. The van der Waals surface area contributed by atoms with E-state index in [2.05, 4.69) is 31.2 Å². The van der Waals surface area contributed by atoms with Crippen LogP contribution in [-0.2, 0) is 0 Å². The fraction of sp³-hybridized carbons (Fsp3) is 0.571. The Morgan fingerprint density at radius 1 is 1.12 bits per heavy atom. The van der Waals surface area contributed by atoms with Crippen LogP contribution in [0.25, 0.3) is 0 Å². The largest absolute Gasteiger partial charge is 0.393 e. The third-order valence-corrected chi connectivity index (χ3v) is 3.71. The van der Waals surface area contributed by atoms with Crippen LogP contribution < -0.4 is 5.73 Å². The van der Waals surface area contributed by atoms with Crippen molar-refractivity contribution in [3.8, 4) is 0 Å². The van der Waals surface area contributed by atoms with E-state index in [1.54, 1.807) is 0 Å². The Morgan fingerprint density at radius 3 is 2.25 bits per heavy atom. The van der Waals surface area contributed by atoms with Crippen LogP contribution in [0.2, 0.25) is 0 Å². The number of aliphatic hydroxyl groups excluding tert-OH is 1. The Labute approximate surface area is 97.5 Å². The number of rotatable bonds is 2. The molecular weight excluding hydrogens is 198 g/mol. The summed E-state index contributed by atoms with van der Waals surface area (Å²) in [6.07, 6.45) is 3.82. The quantitative estimate of drug-likeness (QED) is 0.803. The lowest BCUT2D eigenvalue weighted by Gasteiger charge is -2.30. The highest BCUT2D eigenvalue weighted by molar-refractivity contribution is 5.24. The number of benzene rings is 1. The highest BCUT2D eigenvalue weighted by Gasteiger charge is 2.25. The summed E-state index contributed by atoms with van der Waals surface area (Å²) in [5, 5.41) is 9.47. The molecule has 0 bridgehead atoms. The second-order valence-electron chi connectivity index (χ2n) is 5.01. The maximum atomic E-state index is 9.47. The van der Waals surface area contributed by atoms with Gasteiger partial charge in [-0.3, -0.25) is 0 Å². The van der Waals surface area contributed by atoms with Crippen LogP contribution >= 0.6 is 0 Å². The molecule has 1 aromatic rings. The molecule has 1 aliphatic carbocycles. The van der Waals surface area contributed by atoms with Crippen LogP contribution in [0.1, 0.15) is 42.9 Å². The average molecular weight is 219 g/mol.